The number of piperidine rings is 1. The lowest BCUT2D eigenvalue weighted by Crippen LogP contribution is -2.42. The number of amides is 1. The van der Waals surface area contributed by atoms with E-state index in [0.717, 1.165) is 35.6 Å². The minimum Gasteiger partial charge on any atom is -0.314 e. The number of nitrogens with zero attached hydrogens (tertiary/aromatic N) is 3. The van der Waals surface area contributed by atoms with E-state index in [4.69, 9.17) is 4.98 Å². The normalized spacial score (nSPS) is 18.1. The van der Waals surface area contributed by atoms with Gasteiger partial charge in [0.05, 0.1) is 22.8 Å². The van der Waals surface area contributed by atoms with Gasteiger partial charge in [-0.2, -0.15) is 0 Å². The van der Waals surface area contributed by atoms with Crippen molar-refractivity contribution in [1.29, 1.82) is 0 Å². The Hall–Kier alpha value is -2.24. The average Bonchev–Trinajstić information content (AvgIpc) is 3.12. The second kappa shape index (κ2) is 7.56. The number of para-hydroxylation sites is 2. The molecule has 5 heteroatoms. The highest BCUT2D eigenvalue weighted by atomic mass is 32.1. The lowest BCUT2D eigenvalue weighted by Gasteiger charge is -2.34. The molecule has 0 saturated carbocycles. The van der Waals surface area contributed by atoms with Crippen LogP contribution in [0.25, 0.3) is 10.2 Å². The second-order valence-electron chi connectivity index (χ2n) is 6.79. The topological polar surface area (TPSA) is 36.4 Å². The van der Waals surface area contributed by atoms with Crippen molar-refractivity contribution in [1.82, 2.24) is 9.88 Å². The summed E-state index contributed by atoms with van der Waals surface area (Å²) in [4.78, 5) is 21.7. The molecule has 1 saturated heterocycles. The SMILES string of the molecule is CN(C(=O)CN1CCCC[C@@H]1c1nc2ccccc2s1)c1ccccc1. The predicted octanol–water partition coefficient (Wildman–Crippen LogP) is 4.49. The summed E-state index contributed by atoms with van der Waals surface area (Å²) in [6.07, 6.45) is 3.41. The summed E-state index contributed by atoms with van der Waals surface area (Å²) in [6.45, 7) is 1.39. The highest BCUT2D eigenvalue weighted by Gasteiger charge is 2.29. The number of rotatable bonds is 4. The van der Waals surface area contributed by atoms with Gasteiger partial charge in [0.25, 0.3) is 0 Å². The van der Waals surface area contributed by atoms with Crippen LogP contribution in [0.4, 0.5) is 5.69 Å². The van der Waals surface area contributed by atoms with Gasteiger partial charge in [0.2, 0.25) is 5.91 Å². The molecule has 1 aliphatic rings. The first kappa shape index (κ1) is 17.2. The molecule has 2 aromatic carbocycles. The van der Waals surface area contributed by atoms with Crippen LogP contribution in [-0.4, -0.2) is 35.9 Å². The quantitative estimate of drug-likeness (QED) is 0.684. The number of hydrogen-bond donors (Lipinski definition) is 0. The van der Waals surface area contributed by atoms with E-state index in [2.05, 4.69) is 23.1 Å². The van der Waals surface area contributed by atoms with E-state index in [1.54, 1.807) is 16.2 Å². The van der Waals surface area contributed by atoms with E-state index in [1.165, 1.54) is 11.1 Å². The Bertz CT molecular complexity index is 859. The van der Waals surface area contributed by atoms with E-state index in [0.29, 0.717) is 6.54 Å². The van der Waals surface area contributed by atoms with Gasteiger partial charge in [0, 0.05) is 12.7 Å². The predicted molar refractivity (Wildman–Crippen MR) is 108 cm³/mol. The molecular formula is C21H23N3OS. The van der Waals surface area contributed by atoms with Gasteiger partial charge in [0.15, 0.2) is 0 Å². The summed E-state index contributed by atoms with van der Waals surface area (Å²) in [5.41, 5.74) is 2.00. The molecule has 1 aromatic heterocycles. The van der Waals surface area contributed by atoms with Crippen molar-refractivity contribution in [2.75, 3.05) is 25.0 Å². The largest absolute Gasteiger partial charge is 0.314 e. The second-order valence-corrected chi connectivity index (χ2v) is 7.85. The van der Waals surface area contributed by atoms with Crippen LogP contribution in [0.2, 0.25) is 0 Å². The van der Waals surface area contributed by atoms with Crippen LogP contribution in [0.3, 0.4) is 0 Å². The molecule has 0 unspecified atom stereocenters. The Balaban J connectivity index is 1.53. The number of hydrogen-bond acceptors (Lipinski definition) is 4. The van der Waals surface area contributed by atoms with Crippen LogP contribution in [0.15, 0.2) is 54.6 Å². The Morgan fingerprint density at radius 3 is 2.73 bits per heavy atom. The molecule has 1 aliphatic heterocycles. The van der Waals surface area contributed by atoms with Crippen molar-refractivity contribution < 1.29 is 4.79 Å². The number of aromatic nitrogens is 1. The molecule has 3 aromatic rings. The molecule has 4 rings (SSSR count). The van der Waals surface area contributed by atoms with Crippen molar-refractivity contribution >= 4 is 33.1 Å². The molecular weight excluding hydrogens is 342 g/mol. The van der Waals surface area contributed by atoms with Gasteiger partial charge in [-0.1, -0.05) is 36.8 Å². The summed E-state index contributed by atoms with van der Waals surface area (Å²) in [7, 11) is 1.86. The zero-order chi connectivity index (χ0) is 17.9. The number of benzene rings is 2. The monoisotopic (exact) mass is 365 g/mol. The molecule has 0 spiro atoms. The fourth-order valence-corrected chi connectivity index (χ4v) is 4.70. The molecule has 0 radical (unpaired) electrons. The first-order chi connectivity index (χ1) is 12.7. The van der Waals surface area contributed by atoms with E-state index >= 15 is 0 Å². The molecule has 2 heterocycles. The lowest BCUT2D eigenvalue weighted by atomic mass is 10.0. The van der Waals surface area contributed by atoms with Gasteiger partial charge < -0.3 is 4.90 Å². The van der Waals surface area contributed by atoms with Crippen molar-refractivity contribution in [3.05, 3.63) is 59.6 Å². The summed E-state index contributed by atoms with van der Waals surface area (Å²) in [5.74, 6) is 0.129. The fourth-order valence-electron chi connectivity index (χ4n) is 3.57. The maximum Gasteiger partial charge on any atom is 0.240 e. The minimum atomic E-state index is 0.129. The first-order valence-corrected chi connectivity index (χ1v) is 9.95. The molecule has 134 valence electrons. The maximum atomic E-state index is 12.8. The van der Waals surface area contributed by atoms with Crippen LogP contribution in [-0.2, 0) is 4.79 Å². The van der Waals surface area contributed by atoms with Crippen LogP contribution < -0.4 is 4.90 Å². The van der Waals surface area contributed by atoms with Crippen molar-refractivity contribution in [2.45, 2.75) is 25.3 Å². The third-order valence-corrected chi connectivity index (χ3v) is 6.20. The number of carbonyl (C=O) groups is 1. The van der Waals surface area contributed by atoms with Gasteiger partial charge in [-0.15, -0.1) is 11.3 Å². The summed E-state index contributed by atoms with van der Waals surface area (Å²) in [6, 6.07) is 18.4. The lowest BCUT2D eigenvalue weighted by molar-refractivity contribution is -0.120. The molecule has 0 N–H and O–H groups in total. The zero-order valence-corrected chi connectivity index (χ0v) is 15.8. The van der Waals surface area contributed by atoms with E-state index in [1.807, 2.05) is 43.4 Å². The minimum absolute atomic E-state index is 0.129. The summed E-state index contributed by atoms with van der Waals surface area (Å²) in [5, 5.41) is 1.14. The molecule has 26 heavy (non-hydrogen) atoms. The van der Waals surface area contributed by atoms with Gasteiger partial charge >= 0.3 is 0 Å². The van der Waals surface area contributed by atoms with Crippen LogP contribution >= 0.6 is 11.3 Å². The Kier molecular flexibility index (Phi) is 5.00. The van der Waals surface area contributed by atoms with Gasteiger partial charge in [-0.25, -0.2) is 4.98 Å². The number of fused-ring (bicyclic) bond motifs is 1. The Morgan fingerprint density at radius 1 is 1.15 bits per heavy atom. The van der Waals surface area contributed by atoms with E-state index < -0.39 is 0 Å². The maximum absolute atomic E-state index is 12.8. The van der Waals surface area contributed by atoms with Crippen LogP contribution in [0.5, 0.6) is 0 Å². The summed E-state index contributed by atoms with van der Waals surface area (Å²) < 4.78 is 1.22. The number of likely N-dealkylation sites (N-methyl/N-ethyl adjacent to an activating group) is 1. The molecule has 4 nitrogen and oxygen atoms in total. The number of thiazole rings is 1. The summed E-state index contributed by atoms with van der Waals surface area (Å²) >= 11 is 1.76. The molecule has 0 aliphatic carbocycles. The van der Waals surface area contributed by atoms with E-state index in [9.17, 15) is 4.79 Å². The van der Waals surface area contributed by atoms with Gasteiger partial charge in [0.1, 0.15) is 5.01 Å². The zero-order valence-electron chi connectivity index (χ0n) is 15.0. The molecule has 1 atom stereocenters. The van der Waals surface area contributed by atoms with Crippen LogP contribution in [0, 0.1) is 0 Å². The number of anilines is 1. The number of likely N-dealkylation sites (tertiary alicyclic amines) is 1. The Morgan fingerprint density at radius 2 is 1.92 bits per heavy atom. The number of carbonyl (C=O) groups excluding carboxylic acids is 1. The van der Waals surface area contributed by atoms with Crippen molar-refractivity contribution in [3.63, 3.8) is 0 Å². The third kappa shape index (κ3) is 3.50. The molecule has 1 fully saturated rings. The Labute approximate surface area is 158 Å². The smallest absolute Gasteiger partial charge is 0.240 e. The van der Waals surface area contributed by atoms with Gasteiger partial charge in [-0.05, 0) is 43.7 Å². The van der Waals surface area contributed by atoms with Crippen LogP contribution in [0.1, 0.15) is 30.3 Å². The van der Waals surface area contributed by atoms with Crippen molar-refractivity contribution in [2.24, 2.45) is 0 Å². The third-order valence-electron chi connectivity index (χ3n) is 5.07. The fraction of sp³-hybridized carbons (Fsp3) is 0.333. The standard InChI is InChI=1S/C21H23N3OS/c1-23(16-9-3-2-4-10-16)20(25)15-24-14-8-7-12-18(24)21-22-17-11-5-6-13-19(17)26-21/h2-6,9-11,13,18H,7-8,12,14-15H2,1H3/t18-/m1/s1. The highest BCUT2D eigenvalue weighted by molar-refractivity contribution is 7.18. The molecule has 0 bridgehead atoms. The average molecular weight is 366 g/mol. The molecule has 1 amide bonds. The van der Waals surface area contributed by atoms with E-state index in [-0.39, 0.29) is 11.9 Å². The van der Waals surface area contributed by atoms with Gasteiger partial charge in [-0.3, -0.25) is 9.69 Å². The first-order valence-electron chi connectivity index (χ1n) is 9.13. The van der Waals surface area contributed by atoms with Crippen molar-refractivity contribution in [3.8, 4) is 0 Å². The highest BCUT2D eigenvalue weighted by Crippen LogP contribution is 2.35.